The van der Waals surface area contributed by atoms with Crippen LogP contribution >= 0.6 is 0 Å². The number of methoxy groups -OCH3 is 1. The highest BCUT2D eigenvalue weighted by Crippen LogP contribution is 2.24. The standard InChI is InChI=1S/C16H19NO3/c1-4-5-6-13-14(16(18)19-3)17-15(20-13)12-9-7-11(2)8-10-12/h7-10H,4-6H2,1-3H3. The summed E-state index contributed by atoms with van der Waals surface area (Å²) >= 11 is 0. The number of unbranched alkanes of at least 4 members (excludes halogenated alkanes) is 1. The van der Waals surface area contributed by atoms with Crippen molar-refractivity contribution in [3.63, 3.8) is 0 Å². The number of oxazole rings is 1. The maximum Gasteiger partial charge on any atom is 0.360 e. The highest BCUT2D eigenvalue weighted by atomic mass is 16.5. The number of hydrogen-bond donors (Lipinski definition) is 0. The lowest BCUT2D eigenvalue weighted by Gasteiger charge is -1.97. The first-order valence-electron chi connectivity index (χ1n) is 6.80. The summed E-state index contributed by atoms with van der Waals surface area (Å²) in [6.07, 6.45) is 2.67. The summed E-state index contributed by atoms with van der Waals surface area (Å²) in [5, 5.41) is 0. The second-order valence-corrected chi connectivity index (χ2v) is 4.75. The fraction of sp³-hybridized carbons (Fsp3) is 0.375. The quantitative estimate of drug-likeness (QED) is 0.778. The van der Waals surface area contributed by atoms with E-state index in [1.54, 1.807) is 0 Å². The van der Waals surface area contributed by atoms with Gasteiger partial charge in [-0.3, -0.25) is 0 Å². The Morgan fingerprint density at radius 2 is 2.00 bits per heavy atom. The van der Waals surface area contributed by atoms with Crippen LogP contribution in [0.3, 0.4) is 0 Å². The van der Waals surface area contributed by atoms with Crippen LogP contribution in [0.4, 0.5) is 0 Å². The van der Waals surface area contributed by atoms with Gasteiger partial charge in [0.25, 0.3) is 0 Å². The molecule has 0 N–H and O–H groups in total. The number of rotatable bonds is 5. The Bertz CT molecular complexity index is 584. The SMILES string of the molecule is CCCCc1oc(-c2ccc(C)cc2)nc1C(=O)OC. The van der Waals surface area contributed by atoms with E-state index in [1.807, 2.05) is 31.2 Å². The second-order valence-electron chi connectivity index (χ2n) is 4.75. The molecule has 20 heavy (non-hydrogen) atoms. The van der Waals surface area contributed by atoms with Gasteiger partial charge in [-0.25, -0.2) is 9.78 Å². The molecule has 106 valence electrons. The first-order valence-corrected chi connectivity index (χ1v) is 6.80. The predicted molar refractivity (Wildman–Crippen MR) is 76.6 cm³/mol. The normalized spacial score (nSPS) is 10.6. The number of hydrogen-bond acceptors (Lipinski definition) is 4. The van der Waals surface area contributed by atoms with Crippen LogP contribution in [0.2, 0.25) is 0 Å². The molecule has 0 aliphatic carbocycles. The third-order valence-corrected chi connectivity index (χ3v) is 3.13. The minimum atomic E-state index is -0.446. The number of aryl methyl sites for hydroxylation is 2. The molecule has 1 aromatic heterocycles. The Kier molecular flexibility index (Phi) is 4.56. The molecule has 0 amide bonds. The highest BCUT2D eigenvalue weighted by Gasteiger charge is 2.20. The molecular weight excluding hydrogens is 254 g/mol. The number of benzene rings is 1. The molecule has 1 aromatic carbocycles. The van der Waals surface area contributed by atoms with Gasteiger partial charge in [-0.05, 0) is 25.5 Å². The van der Waals surface area contributed by atoms with Gasteiger partial charge in [-0.2, -0.15) is 0 Å². The molecule has 4 nitrogen and oxygen atoms in total. The molecule has 0 fully saturated rings. The average molecular weight is 273 g/mol. The van der Waals surface area contributed by atoms with Crippen LogP contribution in [0.15, 0.2) is 28.7 Å². The molecule has 0 atom stereocenters. The lowest BCUT2D eigenvalue weighted by atomic mass is 10.1. The number of nitrogens with zero attached hydrogens (tertiary/aromatic N) is 1. The lowest BCUT2D eigenvalue weighted by molar-refractivity contribution is 0.0592. The molecule has 0 saturated carbocycles. The summed E-state index contributed by atoms with van der Waals surface area (Å²) in [6, 6.07) is 7.85. The third kappa shape index (κ3) is 3.07. The number of aromatic nitrogens is 1. The van der Waals surface area contributed by atoms with Crippen molar-refractivity contribution < 1.29 is 13.9 Å². The van der Waals surface area contributed by atoms with Gasteiger partial charge in [0.2, 0.25) is 5.89 Å². The second kappa shape index (κ2) is 6.37. The van der Waals surface area contributed by atoms with Crippen LogP contribution < -0.4 is 0 Å². The molecule has 0 unspecified atom stereocenters. The Hall–Kier alpha value is -2.10. The third-order valence-electron chi connectivity index (χ3n) is 3.13. The Balaban J connectivity index is 2.37. The van der Waals surface area contributed by atoms with Crippen molar-refractivity contribution in [1.29, 1.82) is 0 Å². The van der Waals surface area contributed by atoms with E-state index in [4.69, 9.17) is 9.15 Å². The van der Waals surface area contributed by atoms with Gasteiger partial charge in [0.1, 0.15) is 5.76 Å². The minimum absolute atomic E-state index is 0.288. The Morgan fingerprint density at radius 3 is 2.60 bits per heavy atom. The summed E-state index contributed by atoms with van der Waals surface area (Å²) in [4.78, 5) is 16.0. The van der Waals surface area contributed by atoms with Crippen LogP contribution in [0.25, 0.3) is 11.5 Å². The van der Waals surface area contributed by atoms with Gasteiger partial charge in [0, 0.05) is 12.0 Å². The zero-order valence-corrected chi connectivity index (χ0v) is 12.1. The van der Waals surface area contributed by atoms with Gasteiger partial charge in [-0.15, -0.1) is 0 Å². The Labute approximate surface area is 118 Å². The summed E-state index contributed by atoms with van der Waals surface area (Å²) < 4.78 is 10.5. The number of carbonyl (C=O) groups is 1. The van der Waals surface area contributed by atoms with E-state index < -0.39 is 5.97 Å². The molecule has 0 radical (unpaired) electrons. The van der Waals surface area contributed by atoms with Crippen molar-refractivity contribution in [2.75, 3.05) is 7.11 Å². The van der Waals surface area contributed by atoms with Crippen molar-refractivity contribution in [1.82, 2.24) is 4.98 Å². The van der Waals surface area contributed by atoms with Gasteiger partial charge in [0.15, 0.2) is 5.69 Å². The van der Waals surface area contributed by atoms with Crippen LogP contribution in [0.5, 0.6) is 0 Å². The molecule has 0 bridgehead atoms. The van der Waals surface area contributed by atoms with Gasteiger partial charge in [-0.1, -0.05) is 31.0 Å². The molecule has 0 aliphatic rings. The molecule has 0 spiro atoms. The van der Waals surface area contributed by atoms with E-state index in [0.717, 1.165) is 18.4 Å². The number of esters is 1. The summed E-state index contributed by atoms with van der Waals surface area (Å²) in [5.74, 6) is 0.629. The fourth-order valence-corrected chi connectivity index (χ4v) is 1.93. The zero-order chi connectivity index (χ0) is 14.5. The van der Waals surface area contributed by atoms with Crippen LogP contribution in [0, 0.1) is 6.92 Å². The van der Waals surface area contributed by atoms with Crippen molar-refractivity contribution in [3.05, 3.63) is 41.3 Å². The van der Waals surface area contributed by atoms with E-state index in [-0.39, 0.29) is 5.69 Å². The van der Waals surface area contributed by atoms with E-state index in [2.05, 4.69) is 11.9 Å². The van der Waals surface area contributed by atoms with Crippen LogP contribution in [-0.4, -0.2) is 18.1 Å². The monoisotopic (exact) mass is 273 g/mol. The van der Waals surface area contributed by atoms with Crippen molar-refractivity contribution in [3.8, 4) is 11.5 Å². The number of ether oxygens (including phenoxy) is 1. The summed E-state index contributed by atoms with van der Waals surface area (Å²) in [7, 11) is 1.35. The maximum absolute atomic E-state index is 11.8. The van der Waals surface area contributed by atoms with E-state index in [1.165, 1.54) is 12.7 Å². The fourth-order valence-electron chi connectivity index (χ4n) is 1.93. The molecular formula is C16H19NO3. The smallest absolute Gasteiger partial charge is 0.360 e. The minimum Gasteiger partial charge on any atom is -0.464 e. The molecule has 1 heterocycles. The predicted octanol–water partition coefficient (Wildman–Crippen LogP) is 3.78. The molecule has 0 saturated heterocycles. The number of carbonyl (C=O) groups excluding carboxylic acids is 1. The van der Waals surface area contributed by atoms with E-state index in [9.17, 15) is 4.79 Å². The highest BCUT2D eigenvalue weighted by molar-refractivity contribution is 5.88. The Morgan fingerprint density at radius 1 is 1.30 bits per heavy atom. The van der Waals surface area contributed by atoms with E-state index in [0.29, 0.717) is 18.1 Å². The summed E-state index contributed by atoms with van der Waals surface area (Å²) in [5.41, 5.74) is 2.32. The first kappa shape index (κ1) is 14.3. The first-order chi connectivity index (χ1) is 9.65. The maximum atomic E-state index is 11.8. The topological polar surface area (TPSA) is 52.3 Å². The molecule has 2 aromatic rings. The molecule has 0 aliphatic heterocycles. The van der Waals surface area contributed by atoms with E-state index >= 15 is 0 Å². The largest absolute Gasteiger partial charge is 0.464 e. The molecule has 2 rings (SSSR count). The summed E-state index contributed by atoms with van der Waals surface area (Å²) in [6.45, 7) is 4.11. The van der Waals surface area contributed by atoms with Gasteiger partial charge >= 0.3 is 5.97 Å². The van der Waals surface area contributed by atoms with Crippen molar-refractivity contribution in [2.24, 2.45) is 0 Å². The lowest BCUT2D eigenvalue weighted by Crippen LogP contribution is -2.05. The van der Waals surface area contributed by atoms with Crippen LogP contribution in [-0.2, 0) is 11.2 Å². The van der Waals surface area contributed by atoms with Gasteiger partial charge < -0.3 is 9.15 Å². The van der Waals surface area contributed by atoms with Crippen molar-refractivity contribution in [2.45, 2.75) is 33.1 Å². The van der Waals surface area contributed by atoms with Crippen LogP contribution in [0.1, 0.15) is 41.6 Å². The van der Waals surface area contributed by atoms with Gasteiger partial charge in [0.05, 0.1) is 7.11 Å². The zero-order valence-electron chi connectivity index (χ0n) is 12.1. The average Bonchev–Trinajstić information content (AvgIpc) is 2.89. The molecule has 4 heteroatoms. The van der Waals surface area contributed by atoms with Crippen molar-refractivity contribution >= 4 is 5.97 Å².